The van der Waals surface area contributed by atoms with E-state index in [1.165, 1.54) is 10.5 Å². The van der Waals surface area contributed by atoms with Crippen LogP contribution in [0.5, 0.6) is 0 Å². The van der Waals surface area contributed by atoms with Crippen LogP contribution < -0.4 is 0 Å². The van der Waals surface area contributed by atoms with Crippen molar-refractivity contribution in [2.45, 2.75) is 54.2 Å². The molecule has 0 radical (unpaired) electrons. The Morgan fingerprint density at radius 3 is 2.33 bits per heavy atom. The number of rotatable bonds is 5. The molecule has 1 amide bonds. The quantitative estimate of drug-likeness (QED) is 0.548. The fourth-order valence-electron chi connectivity index (χ4n) is 3.69. The molecule has 0 unspecified atom stereocenters. The molecule has 2 aromatic carbocycles. The van der Waals surface area contributed by atoms with Gasteiger partial charge in [0.1, 0.15) is 0 Å². The topological polar surface area (TPSA) is 20.3 Å². The summed E-state index contributed by atoms with van der Waals surface area (Å²) in [5.74, 6) is 0.656. The number of amides is 1. The first-order valence-electron chi connectivity index (χ1n) is 9.48. The Hall–Kier alpha value is -1.16. The predicted octanol–water partition coefficient (Wildman–Crippen LogP) is 6.53. The van der Waals surface area contributed by atoms with Gasteiger partial charge in [0.15, 0.2) is 0 Å². The number of nitrogens with zero attached hydrogens (tertiary/aromatic N) is 1. The van der Waals surface area contributed by atoms with Crippen molar-refractivity contribution in [3.8, 4) is 0 Å². The number of hydrogen-bond acceptors (Lipinski definition) is 2. The van der Waals surface area contributed by atoms with Gasteiger partial charge in [0.05, 0.1) is 15.5 Å². The number of halogens is 2. The standard InChI is InChI=1S/C22H23Cl2NOS/c1-14(2)15-6-3-4-7-17(15)27-18-9-8-16(19(23)20(18)24)22(10-11-22)21(26)25-12-5-13-25/h3-4,6-9,14H,5,10-13H2,1-2H3. The molecule has 0 N–H and O–H groups in total. The molecule has 5 heteroatoms. The molecule has 0 atom stereocenters. The summed E-state index contributed by atoms with van der Waals surface area (Å²) in [4.78, 5) is 17.0. The van der Waals surface area contributed by atoms with Crippen molar-refractivity contribution >= 4 is 40.9 Å². The molecule has 2 fully saturated rings. The van der Waals surface area contributed by atoms with Crippen molar-refractivity contribution in [3.05, 3.63) is 57.6 Å². The maximum Gasteiger partial charge on any atom is 0.233 e. The molecule has 1 aliphatic heterocycles. The van der Waals surface area contributed by atoms with Crippen LogP contribution in [0.3, 0.4) is 0 Å². The van der Waals surface area contributed by atoms with Crippen LogP contribution in [-0.4, -0.2) is 23.9 Å². The van der Waals surface area contributed by atoms with Crippen LogP contribution in [0.15, 0.2) is 46.2 Å². The van der Waals surface area contributed by atoms with Gasteiger partial charge in [-0.15, -0.1) is 0 Å². The summed E-state index contributed by atoms with van der Waals surface area (Å²) in [7, 11) is 0. The van der Waals surface area contributed by atoms with Crippen molar-refractivity contribution in [1.82, 2.24) is 4.90 Å². The third-order valence-electron chi connectivity index (χ3n) is 5.63. The molecule has 2 aromatic rings. The van der Waals surface area contributed by atoms with Crippen LogP contribution >= 0.6 is 35.0 Å². The summed E-state index contributed by atoms with van der Waals surface area (Å²) in [6.45, 7) is 6.11. The van der Waals surface area contributed by atoms with Crippen molar-refractivity contribution in [2.75, 3.05) is 13.1 Å². The molecule has 142 valence electrons. The summed E-state index contributed by atoms with van der Waals surface area (Å²) >= 11 is 15.0. The van der Waals surface area contributed by atoms with Gasteiger partial charge in [0.2, 0.25) is 5.91 Å². The lowest BCUT2D eigenvalue weighted by Crippen LogP contribution is -2.47. The largest absolute Gasteiger partial charge is 0.342 e. The second-order valence-corrected chi connectivity index (χ2v) is 9.60. The summed E-state index contributed by atoms with van der Waals surface area (Å²) < 4.78 is 0. The summed E-state index contributed by atoms with van der Waals surface area (Å²) in [5, 5.41) is 1.09. The Morgan fingerprint density at radius 2 is 1.74 bits per heavy atom. The van der Waals surface area contributed by atoms with Crippen LogP contribution in [0.2, 0.25) is 10.0 Å². The van der Waals surface area contributed by atoms with E-state index in [9.17, 15) is 4.79 Å². The zero-order valence-electron chi connectivity index (χ0n) is 15.6. The molecule has 1 saturated heterocycles. The molecule has 0 spiro atoms. The lowest BCUT2D eigenvalue weighted by atomic mass is 9.93. The highest BCUT2D eigenvalue weighted by molar-refractivity contribution is 7.99. The van der Waals surface area contributed by atoms with E-state index in [1.807, 2.05) is 23.1 Å². The molecule has 4 rings (SSSR count). The zero-order chi connectivity index (χ0) is 19.2. The number of carbonyl (C=O) groups excluding carboxylic acids is 1. The molecule has 0 bridgehead atoms. The van der Waals surface area contributed by atoms with Crippen LogP contribution in [-0.2, 0) is 10.2 Å². The monoisotopic (exact) mass is 419 g/mol. The molecule has 2 aliphatic rings. The molecule has 1 saturated carbocycles. The van der Waals surface area contributed by atoms with Crippen molar-refractivity contribution in [3.63, 3.8) is 0 Å². The fraction of sp³-hybridized carbons (Fsp3) is 0.409. The highest BCUT2D eigenvalue weighted by Gasteiger charge is 2.54. The molecular formula is C22H23Cl2NOS. The minimum atomic E-state index is -0.444. The molecule has 1 aliphatic carbocycles. The van der Waals surface area contributed by atoms with Crippen molar-refractivity contribution in [1.29, 1.82) is 0 Å². The van der Waals surface area contributed by atoms with Gasteiger partial charge in [-0.05, 0) is 48.4 Å². The van der Waals surface area contributed by atoms with Gasteiger partial charge in [-0.3, -0.25) is 4.79 Å². The van der Waals surface area contributed by atoms with Gasteiger partial charge in [-0.25, -0.2) is 0 Å². The average molecular weight is 420 g/mol. The SMILES string of the molecule is CC(C)c1ccccc1Sc1ccc(C2(C(=O)N3CCC3)CC2)c(Cl)c1Cl. The number of benzene rings is 2. The zero-order valence-corrected chi connectivity index (χ0v) is 17.9. The van der Waals surface area contributed by atoms with E-state index in [4.69, 9.17) is 23.2 Å². The van der Waals surface area contributed by atoms with Gasteiger partial charge in [0.25, 0.3) is 0 Å². The number of carbonyl (C=O) groups is 1. The first kappa shape index (κ1) is 19.2. The Kier molecular flexibility index (Phi) is 5.22. The Balaban J connectivity index is 1.65. The molecule has 2 nitrogen and oxygen atoms in total. The van der Waals surface area contributed by atoms with Gasteiger partial charge in [-0.2, -0.15) is 0 Å². The fourth-order valence-corrected chi connectivity index (χ4v) is 5.51. The van der Waals surface area contributed by atoms with Gasteiger partial charge < -0.3 is 4.90 Å². The van der Waals surface area contributed by atoms with Gasteiger partial charge >= 0.3 is 0 Å². The Labute approximate surface area is 175 Å². The highest BCUT2D eigenvalue weighted by atomic mass is 35.5. The highest BCUT2D eigenvalue weighted by Crippen LogP contribution is 2.54. The predicted molar refractivity (Wildman–Crippen MR) is 113 cm³/mol. The molecule has 27 heavy (non-hydrogen) atoms. The smallest absolute Gasteiger partial charge is 0.233 e. The lowest BCUT2D eigenvalue weighted by molar-refractivity contribution is -0.137. The summed E-state index contributed by atoms with van der Waals surface area (Å²) in [5.41, 5.74) is 1.75. The Bertz CT molecular complexity index is 888. The Morgan fingerprint density at radius 1 is 1.04 bits per heavy atom. The van der Waals surface area contributed by atoms with Crippen LogP contribution in [0.25, 0.3) is 0 Å². The third kappa shape index (κ3) is 3.39. The van der Waals surface area contributed by atoms with E-state index in [0.717, 1.165) is 42.8 Å². The van der Waals surface area contributed by atoms with E-state index < -0.39 is 5.41 Å². The first-order chi connectivity index (χ1) is 12.9. The van der Waals surface area contributed by atoms with Gasteiger partial charge in [-0.1, -0.05) is 73.1 Å². The summed E-state index contributed by atoms with van der Waals surface area (Å²) in [6.07, 6.45) is 2.82. The molecular weight excluding hydrogens is 397 g/mol. The minimum Gasteiger partial charge on any atom is -0.342 e. The minimum absolute atomic E-state index is 0.220. The second-order valence-electron chi connectivity index (χ2n) is 7.76. The van der Waals surface area contributed by atoms with Gasteiger partial charge in [0, 0.05) is 22.9 Å². The number of likely N-dealkylation sites (tertiary alicyclic amines) is 1. The van der Waals surface area contributed by atoms with E-state index in [1.54, 1.807) is 11.8 Å². The van der Waals surface area contributed by atoms with E-state index in [2.05, 4.69) is 32.0 Å². The maximum atomic E-state index is 12.9. The van der Waals surface area contributed by atoms with Crippen molar-refractivity contribution in [2.24, 2.45) is 0 Å². The third-order valence-corrected chi connectivity index (χ3v) is 7.77. The van der Waals surface area contributed by atoms with E-state index >= 15 is 0 Å². The maximum absolute atomic E-state index is 12.9. The lowest BCUT2D eigenvalue weighted by Gasteiger charge is -2.34. The van der Waals surface area contributed by atoms with E-state index in [0.29, 0.717) is 16.0 Å². The van der Waals surface area contributed by atoms with Crippen LogP contribution in [0, 0.1) is 0 Å². The number of hydrogen-bond donors (Lipinski definition) is 0. The van der Waals surface area contributed by atoms with Crippen molar-refractivity contribution < 1.29 is 4.79 Å². The molecule has 0 aromatic heterocycles. The second kappa shape index (κ2) is 7.35. The van der Waals surface area contributed by atoms with E-state index in [-0.39, 0.29) is 5.91 Å². The molecule has 1 heterocycles. The van der Waals surface area contributed by atoms with Crippen LogP contribution in [0.1, 0.15) is 50.2 Å². The van der Waals surface area contributed by atoms with Crippen LogP contribution in [0.4, 0.5) is 0 Å². The first-order valence-corrected chi connectivity index (χ1v) is 11.1. The normalized spacial score (nSPS) is 17.7. The average Bonchev–Trinajstić information content (AvgIpc) is 3.39. The summed E-state index contributed by atoms with van der Waals surface area (Å²) in [6, 6.07) is 12.4.